The second kappa shape index (κ2) is 11.4. The van der Waals surface area contributed by atoms with E-state index in [2.05, 4.69) is 12.2 Å². The van der Waals surface area contributed by atoms with Crippen LogP contribution in [-0.2, 0) is 22.4 Å². The van der Waals surface area contributed by atoms with Crippen molar-refractivity contribution >= 4 is 11.8 Å². The van der Waals surface area contributed by atoms with Gasteiger partial charge in [-0.1, -0.05) is 31.2 Å². The molecule has 1 fully saturated rings. The normalized spacial score (nSPS) is 14.0. The number of hydrogen-bond acceptors (Lipinski definition) is 5. The number of nitrogens with zero attached hydrogens (tertiary/aromatic N) is 1. The number of hydrogen-bond donors (Lipinski definition) is 1. The average Bonchev–Trinajstić information content (AvgIpc) is 2.83. The fraction of sp³-hybridized carbons (Fsp3) is 0.440. The zero-order valence-electron chi connectivity index (χ0n) is 19.1. The van der Waals surface area contributed by atoms with Crippen LogP contribution in [0.1, 0.15) is 30.9 Å². The number of ether oxygens (including phenoxy) is 3. The van der Waals surface area contributed by atoms with Gasteiger partial charge < -0.3 is 24.4 Å². The Bertz CT molecular complexity index is 922. The number of carbonyl (C=O) groups is 2. The standard InChI is InChI=1S/C25H32N2O5/c1-4-19-7-5-6-8-21(19)32-17-25(29)27-13-11-20(12-14-27)26-24(28)16-18-9-10-22(30-2)23(15-18)31-3/h5-10,15,20H,4,11-14,16-17H2,1-3H3,(H,26,28). The van der Waals surface area contributed by atoms with Crippen LogP contribution < -0.4 is 19.5 Å². The zero-order valence-corrected chi connectivity index (χ0v) is 19.1. The Hall–Kier alpha value is -3.22. The van der Waals surface area contributed by atoms with Gasteiger partial charge in [0.05, 0.1) is 20.6 Å². The molecule has 0 spiro atoms. The number of amides is 2. The smallest absolute Gasteiger partial charge is 0.260 e. The van der Waals surface area contributed by atoms with Gasteiger partial charge in [-0.25, -0.2) is 0 Å². The van der Waals surface area contributed by atoms with Crippen LogP contribution in [-0.4, -0.2) is 56.7 Å². The molecule has 7 nitrogen and oxygen atoms in total. The van der Waals surface area contributed by atoms with Gasteiger partial charge in [0.15, 0.2) is 18.1 Å². The first kappa shape index (κ1) is 23.4. The molecule has 0 atom stereocenters. The van der Waals surface area contributed by atoms with E-state index in [0.29, 0.717) is 24.6 Å². The number of carbonyl (C=O) groups excluding carboxylic acids is 2. The Morgan fingerprint density at radius 1 is 1.00 bits per heavy atom. The molecular formula is C25H32N2O5. The Balaban J connectivity index is 1.43. The van der Waals surface area contributed by atoms with Crippen LogP contribution >= 0.6 is 0 Å². The summed E-state index contributed by atoms with van der Waals surface area (Å²) in [5.41, 5.74) is 1.95. The van der Waals surface area contributed by atoms with E-state index in [0.717, 1.165) is 36.1 Å². The summed E-state index contributed by atoms with van der Waals surface area (Å²) >= 11 is 0. The quantitative estimate of drug-likeness (QED) is 0.649. The van der Waals surface area contributed by atoms with Crippen molar-refractivity contribution in [3.05, 3.63) is 53.6 Å². The van der Waals surface area contributed by atoms with E-state index in [-0.39, 0.29) is 30.9 Å². The lowest BCUT2D eigenvalue weighted by Gasteiger charge is -2.32. The van der Waals surface area contributed by atoms with Gasteiger partial charge in [0.25, 0.3) is 5.91 Å². The Morgan fingerprint density at radius 2 is 1.72 bits per heavy atom. The van der Waals surface area contributed by atoms with Gasteiger partial charge in [-0.15, -0.1) is 0 Å². The fourth-order valence-electron chi connectivity index (χ4n) is 3.90. The van der Waals surface area contributed by atoms with E-state index in [1.165, 1.54) is 0 Å². The lowest BCUT2D eigenvalue weighted by molar-refractivity contribution is -0.134. The molecule has 172 valence electrons. The zero-order chi connectivity index (χ0) is 22.9. The maximum Gasteiger partial charge on any atom is 0.260 e. The third kappa shape index (κ3) is 6.15. The maximum absolute atomic E-state index is 12.5. The summed E-state index contributed by atoms with van der Waals surface area (Å²) in [7, 11) is 3.15. The third-order valence-corrected chi connectivity index (χ3v) is 5.73. The number of rotatable bonds is 9. The Kier molecular flexibility index (Phi) is 8.36. The predicted octanol–water partition coefficient (Wildman–Crippen LogP) is 2.99. The molecule has 1 N–H and O–H groups in total. The molecule has 0 aromatic heterocycles. The van der Waals surface area contributed by atoms with E-state index in [9.17, 15) is 9.59 Å². The molecule has 0 saturated carbocycles. The van der Waals surface area contributed by atoms with Crippen molar-refractivity contribution in [2.45, 2.75) is 38.6 Å². The van der Waals surface area contributed by atoms with Gasteiger partial charge in [-0.2, -0.15) is 0 Å². The van der Waals surface area contributed by atoms with Gasteiger partial charge in [-0.05, 0) is 48.6 Å². The van der Waals surface area contributed by atoms with Crippen molar-refractivity contribution in [2.24, 2.45) is 0 Å². The van der Waals surface area contributed by atoms with E-state index >= 15 is 0 Å². The van der Waals surface area contributed by atoms with Crippen LogP contribution in [0, 0.1) is 0 Å². The second-order valence-corrected chi connectivity index (χ2v) is 7.84. The fourth-order valence-corrected chi connectivity index (χ4v) is 3.90. The van der Waals surface area contributed by atoms with Crippen molar-refractivity contribution < 1.29 is 23.8 Å². The number of benzene rings is 2. The largest absolute Gasteiger partial charge is 0.493 e. The molecule has 2 aromatic rings. The van der Waals surface area contributed by atoms with Crippen LogP contribution in [0.25, 0.3) is 0 Å². The van der Waals surface area contributed by atoms with Crippen LogP contribution in [0.3, 0.4) is 0 Å². The van der Waals surface area contributed by atoms with Crippen LogP contribution in [0.4, 0.5) is 0 Å². The first-order valence-corrected chi connectivity index (χ1v) is 11.0. The first-order chi connectivity index (χ1) is 15.5. The molecular weight excluding hydrogens is 408 g/mol. The van der Waals surface area contributed by atoms with Crippen LogP contribution in [0.2, 0.25) is 0 Å². The summed E-state index contributed by atoms with van der Waals surface area (Å²) in [6.07, 6.45) is 2.59. The van der Waals surface area contributed by atoms with Gasteiger partial charge >= 0.3 is 0 Å². The molecule has 0 unspecified atom stereocenters. The summed E-state index contributed by atoms with van der Waals surface area (Å²) in [4.78, 5) is 26.8. The third-order valence-electron chi connectivity index (χ3n) is 5.73. The highest BCUT2D eigenvalue weighted by Gasteiger charge is 2.24. The Morgan fingerprint density at radius 3 is 2.41 bits per heavy atom. The minimum atomic E-state index is -0.0403. The number of aryl methyl sites for hydroxylation is 1. The molecule has 1 aliphatic heterocycles. The van der Waals surface area contributed by atoms with E-state index in [1.807, 2.05) is 41.3 Å². The monoisotopic (exact) mass is 440 g/mol. The van der Waals surface area contributed by atoms with Crippen molar-refractivity contribution in [1.82, 2.24) is 10.2 Å². The number of piperidine rings is 1. The van der Waals surface area contributed by atoms with Crippen molar-refractivity contribution in [3.63, 3.8) is 0 Å². The minimum Gasteiger partial charge on any atom is -0.493 e. The highest BCUT2D eigenvalue weighted by atomic mass is 16.5. The SMILES string of the molecule is CCc1ccccc1OCC(=O)N1CCC(NC(=O)Cc2ccc(OC)c(OC)c2)CC1. The molecule has 0 bridgehead atoms. The van der Waals surface area contributed by atoms with Gasteiger partial charge in [-0.3, -0.25) is 9.59 Å². The molecule has 1 aliphatic rings. The van der Waals surface area contributed by atoms with E-state index in [4.69, 9.17) is 14.2 Å². The average molecular weight is 441 g/mol. The molecule has 2 aromatic carbocycles. The van der Waals surface area contributed by atoms with Crippen molar-refractivity contribution in [1.29, 1.82) is 0 Å². The summed E-state index contributed by atoms with van der Waals surface area (Å²) in [5, 5.41) is 3.09. The summed E-state index contributed by atoms with van der Waals surface area (Å²) < 4.78 is 16.3. The van der Waals surface area contributed by atoms with Gasteiger partial charge in [0.2, 0.25) is 5.91 Å². The molecule has 3 rings (SSSR count). The van der Waals surface area contributed by atoms with Gasteiger partial charge in [0.1, 0.15) is 5.75 Å². The minimum absolute atomic E-state index is 0.0222. The Labute approximate surface area is 189 Å². The molecule has 2 amide bonds. The summed E-state index contributed by atoms with van der Waals surface area (Å²) in [6.45, 7) is 3.32. The number of nitrogens with one attached hydrogen (secondary N) is 1. The van der Waals surface area contributed by atoms with E-state index < -0.39 is 0 Å². The highest BCUT2D eigenvalue weighted by Crippen LogP contribution is 2.27. The predicted molar refractivity (Wildman–Crippen MR) is 122 cm³/mol. The molecule has 0 aliphatic carbocycles. The summed E-state index contributed by atoms with van der Waals surface area (Å²) in [6, 6.07) is 13.3. The van der Waals surface area contributed by atoms with Gasteiger partial charge in [0, 0.05) is 19.1 Å². The topological polar surface area (TPSA) is 77.1 Å². The molecule has 1 saturated heterocycles. The lowest BCUT2D eigenvalue weighted by atomic mass is 10.0. The van der Waals surface area contributed by atoms with Crippen molar-refractivity contribution in [3.8, 4) is 17.2 Å². The second-order valence-electron chi connectivity index (χ2n) is 7.84. The summed E-state index contributed by atoms with van der Waals surface area (Å²) in [5.74, 6) is 1.94. The van der Waals surface area contributed by atoms with Crippen LogP contribution in [0.15, 0.2) is 42.5 Å². The number of likely N-dealkylation sites (tertiary alicyclic amines) is 1. The molecule has 0 radical (unpaired) electrons. The highest BCUT2D eigenvalue weighted by molar-refractivity contribution is 5.79. The lowest BCUT2D eigenvalue weighted by Crippen LogP contribution is -2.48. The molecule has 7 heteroatoms. The molecule has 1 heterocycles. The maximum atomic E-state index is 12.5. The van der Waals surface area contributed by atoms with E-state index in [1.54, 1.807) is 20.3 Å². The number of methoxy groups -OCH3 is 2. The molecule has 32 heavy (non-hydrogen) atoms. The first-order valence-electron chi connectivity index (χ1n) is 11.0. The van der Waals surface area contributed by atoms with Crippen molar-refractivity contribution in [2.75, 3.05) is 33.9 Å². The van der Waals surface area contributed by atoms with Crippen LogP contribution in [0.5, 0.6) is 17.2 Å². The number of para-hydroxylation sites is 1.